The van der Waals surface area contributed by atoms with Gasteiger partial charge in [-0.15, -0.1) is 0 Å². The highest BCUT2D eigenvalue weighted by atomic mass is 35.5. The Morgan fingerprint density at radius 1 is 1.10 bits per heavy atom. The number of ether oxygens (including phenoxy) is 1. The Labute approximate surface area is 119 Å². The van der Waals surface area contributed by atoms with E-state index in [1.54, 1.807) is 24.3 Å². The van der Waals surface area contributed by atoms with Gasteiger partial charge in [0, 0.05) is 0 Å². The summed E-state index contributed by atoms with van der Waals surface area (Å²) in [5, 5.41) is 10.2. The Morgan fingerprint density at radius 3 is 2.65 bits per heavy atom. The Bertz CT molecular complexity index is 813. The molecule has 0 spiro atoms. The summed E-state index contributed by atoms with van der Waals surface area (Å²) in [6, 6.07) is 14.3. The van der Waals surface area contributed by atoms with Gasteiger partial charge in [-0.3, -0.25) is 0 Å². The van der Waals surface area contributed by atoms with Gasteiger partial charge in [0.2, 0.25) is 5.76 Å². The van der Waals surface area contributed by atoms with Crippen LogP contribution < -0.4 is 10.5 Å². The molecule has 98 valence electrons. The second-order valence-corrected chi connectivity index (χ2v) is 4.54. The van der Waals surface area contributed by atoms with E-state index in [-0.39, 0.29) is 5.76 Å². The number of halogens is 1. The SMILES string of the molecule is N#Cc1oc2ccccc2c1Oc1c(N)cccc1Cl. The van der Waals surface area contributed by atoms with Crippen molar-refractivity contribution >= 4 is 28.3 Å². The lowest BCUT2D eigenvalue weighted by Crippen LogP contribution is -1.93. The number of nitrogen functional groups attached to an aromatic ring is 1. The number of furan rings is 1. The van der Waals surface area contributed by atoms with E-state index >= 15 is 0 Å². The van der Waals surface area contributed by atoms with Crippen molar-refractivity contribution in [3.8, 4) is 17.6 Å². The lowest BCUT2D eigenvalue weighted by Gasteiger charge is -2.08. The van der Waals surface area contributed by atoms with Crippen LogP contribution in [0.3, 0.4) is 0 Å². The molecule has 0 aliphatic carbocycles. The first-order valence-corrected chi connectivity index (χ1v) is 6.22. The van der Waals surface area contributed by atoms with Gasteiger partial charge < -0.3 is 14.9 Å². The number of benzene rings is 2. The summed E-state index contributed by atoms with van der Waals surface area (Å²) in [6.45, 7) is 0. The summed E-state index contributed by atoms with van der Waals surface area (Å²) in [7, 11) is 0. The van der Waals surface area contributed by atoms with Gasteiger partial charge in [0.25, 0.3) is 0 Å². The van der Waals surface area contributed by atoms with Crippen molar-refractivity contribution in [2.75, 3.05) is 5.73 Å². The largest absolute Gasteiger partial charge is 0.448 e. The molecule has 2 N–H and O–H groups in total. The van der Waals surface area contributed by atoms with Crippen LogP contribution in [0.2, 0.25) is 5.02 Å². The second kappa shape index (κ2) is 4.80. The van der Waals surface area contributed by atoms with Gasteiger partial charge in [-0.25, -0.2) is 0 Å². The fourth-order valence-corrected chi connectivity index (χ4v) is 2.15. The van der Waals surface area contributed by atoms with E-state index in [9.17, 15) is 0 Å². The zero-order valence-corrected chi connectivity index (χ0v) is 11.0. The monoisotopic (exact) mass is 284 g/mol. The first-order valence-electron chi connectivity index (χ1n) is 5.84. The van der Waals surface area contributed by atoms with Gasteiger partial charge in [-0.05, 0) is 24.3 Å². The molecule has 0 saturated heterocycles. The number of nitrogens with two attached hydrogens (primary N) is 1. The second-order valence-electron chi connectivity index (χ2n) is 4.13. The predicted octanol–water partition coefficient (Wildman–Crippen LogP) is 4.33. The molecule has 3 aromatic rings. The molecule has 4 nitrogen and oxygen atoms in total. The summed E-state index contributed by atoms with van der Waals surface area (Å²) >= 11 is 6.07. The molecule has 2 aromatic carbocycles. The highest BCUT2D eigenvalue weighted by Crippen LogP contribution is 2.40. The third-order valence-electron chi connectivity index (χ3n) is 2.85. The van der Waals surface area contributed by atoms with Crippen LogP contribution in [0.5, 0.6) is 11.5 Å². The molecule has 0 unspecified atom stereocenters. The molecule has 0 aliphatic rings. The molecule has 20 heavy (non-hydrogen) atoms. The molecule has 0 saturated carbocycles. The zero-order chi connectivity index (χ0) is 14.1. The number of hydrogen-bond acceptors (Lipinski definition) is 4. The average molecular weight is 285 g/mol. The molecular weight excluding hydrogens is 276 g/mol. The van der Waals surface area contributed by atoms with E-state index < -0.39 is 0 Å². The number of anilines is 1. The Morgan fingerprint density at radius 2 is 1.90 bits per heavy atom. The third kappa shape index (κ3) is 1.94. The quantitative estimate of drug-likeness (QED) is 0.711. The van der Waals surface area contributed by atoms with Gasteiger partial charge in [0.15, 0.2) is 11.5 Å². The van der Waals surface area contributed by atoms with Crippen LogP contribution in [0.1, 0.15) is 5.76 Å². The van der Waals surface area contributed by atoms with Crippen molar-refractivity contribution in [1.29, 1.82) is 5.26 Å². The summed E-state index contributed by atoms with van der Waals surface area (Å²) in [5.41, 5.74) is 6.82. The topological polar surface area (TPSA) is 72.2 Å². The van der Waals surface area contributed by atoms with E-state index in [1.807, 2.05) is 24.3 Å². The highest BCUT2D eigenvalue weighted by molar-refractivity contribution is 6.32. The average Bonchev–Trinajstić information content (AvgIpc) is 2.81. The van der Waals surface area contributed by atoms with Gasteiger partial charge in [0.1, 0.15) is 11.7 Å². The van der Waals surface area contributed by atoms with E-state index in [1.165, 1.54) is 0 Å². The highest BCUT2D eigenvalue weighted by Gasteiger charge is 2.18. The summed E-state index contributed by atoms with van der Waals surface area (Å²) < 4.78 is 11.2. The summed E-state index contributed by atoms with van der Waals surface area (Å²) in [4.78, 5) is 0. The molecule has 0 radical (unpaired) electrons. The van der Waals surface area contributed by atoms with E-state index in [2.05, 4.69) is 0 Å². The van der Waals surface area contributed by atoms with E-state index in [0.717, 1.165) is 0 Å². The van der Waals surface area contributed by atoms with Crippen LogP contribution in [0.15, 0.2) is 46.9 Å². The maximum Gasteiger partial charge on any atom is 0.247 e. The molecule has 1 heterocycles. The van der Waals surface area contributed by atoms with Gasteiger partial charge in [0.05, 0.1) is 16.1 Å². The van der Waals surface area contributed by atoms with Crippen molar-refractivity contribution in [2.45, 2.75) is 0 Å². The summed E-state index contributed by atoms with van der Waals surface area (Å²) in [6.07, 6.45) is 0. The van der Waals surface area contributed by atoms with Crippen LogP contribution >= 0.6 is 11.6 Å². The number of hydrogen-bond donors (Lipinski definition) is 1. The van der Waals surface area contributed by atoms with Crippen molar-refractivity contribution < 1.29 is 9.15 Å². The summed E-state index contributed by atoms with van der Waals surface area (Å²) in [5.74, 6) is 0.727. The van der Waals surface area contributed by atoms with Crippen molar-refractivity contribution in [3.63, 3.8) is 0 Å². The predicted molar refractivity (Wildman–Crippen MR) is 76.9 cm³/mol. The number of para-hydroxylation sites is 2. The fourth-order valence-electron chi connectivity index (χ4n) is 1.93. The van der Waals surface area contributed by atoms with Crippen LogP contribution in [0, 0.1) is 11.3 Å². The van der Waals surface area contributed by atoms with Crippen LogP contribution in [-0.4, -0.2) is 0 Å². The fraction of sp³-hybridized carbons (Fsp3) is 0. The third-order valence-corrected chi connectivity index (χ3v) is 3.15. The minimum absolute atomic E-state index is 0.0884. The standard InChI is InChI=1S/C15H9ClN2O2/c16-10-5-3-6-11(18)15(10)20-14-9-4-1-2-7-12(9)19-13(14)8-17/h1-7H,18H2. The number of nitriles is 1. The molecule has 0 atom stereocenters. The molecule has 0 bridgehead atoms. The molecule has 3 rings (SSSR count). The number of fused-ring (bicyclic) bond motifs is 1. The van der Waals surface area contributed by atoms with E-state index in [4.69, 9.17) is 31.8 Å². The molecule has 1 aromatic heterocycles. The van der Waals surface area contributed by atoms with E-state index in [0.29, 0.717) is 33.2 Å². The number of nitrogens with zero attached hydrogens (tertiary/aromatic N) is 1. The van der Waals surface area contributed by atoms with Crippen LogP contribution in [0.4, 0.5) is 5.69 Å². The van der Waals surface area contributed by atoms with Crippen LogP contribution in [-0.2, 0) is 0 Å². The van der Waals surface area contributed by atoms with Gasteiger partial charge in [-0.1, -0.05) is 29.8 Å². The van der Waals surface area contributed by atoms with Crippen molar-refractivity contribution in [1.82, 2.24) is 0 Å². The normalized spacial score (nSPS) is 10.4. The van der Waals surface area contributed by atoms with Crippen molar-refractivity contribution in [2.24, 2.45) is 0 Å². The molecular formula is C15H9ClN2O2. The smallest absolute Gasteiger partial charge is 0.247 e. The Kier molecular flexibility index (Phi) is 2.97. The van der Waals surface area contributed by atoms with Gasteiger partial charge >= 0.3 is 0 Å². The van der Waals surface area contributed by atoms with Crippen LogP contribution in [0.25, 0.3) is 11.0 Å². The first kappa shape index (κ1) is 12.4. The lowest BCUT2D eigenvalue weighted by molar-refractivity contribution is 0.469. The molecule has 0 aliphatic heterocycles. The van der Waals surface area contributed by atoms with Gasteiger partial charge in [-0.2, -0.15) is 5.26 Å². The lowest BCUT2D eigenvalue weighted by atomic mass is 10.2. The number of rotatable bonds is 2. The molecule has 0 fully saturated rings. The van der Waals surface area contributed by atoms with Crippen molar-refractivity contribution in [3.05, 3.63) is 53.2 Å². The maximum absolute atomic E-state index is 9.15. The maximum atomic E-state index is 9.15. The minimum Gasteiger partial charge on any atom is -0.448 e. The Balaban J connectivity index is 2.18. The zero-order valence-electron chi connectivity index (χ0n) is 10.3. The Hall–Kier alpha value is -2.64. The first-order chi connectivity index (χ1) is 9.70. The molecule has 0 amide bonds. The minimum atomic E-state index is 0.0884. The molecule has 5 heteroatoms.